The number of benzene rings is 1. The number of hydrogen-bond acceptors (Lipinski definition) is 3. The molecular formula is C16H25FN2O. The first kappa shape index (κ1) is 15.3. The van der Waals surface area contributed by atoms with Crippen LogP contribution in [0.3, 0.4) is 0 Å². The lowest BCUT2D eigenvalue weighted by Gasteiger charge is -2.37. The molecule has 1 aliphatic heterocycles. The van der Waals surface area contributed by atoms with Crippen molar-refractivity contribution in [2.24, 2.45) is 5.92 Å². The fourth-order valence-corrected chi connectivity index (χ4v) is 2.73. The molecule has 0 aliphatic carbocycles. The molecule has 1 fully saturated rings. The first-order chi connectivity index (χ1) is 9.47. The summed E-state index contributed by atoms with van der Waals surface area (Å²) in [4.78, 5) is 4.53. The van der Waals surface area contributed by atoms with Crippen molar-refractivity contribution in [3.63, 3.8) is 0 Å². The van der Waals surface area contributed by atoms with Crippen molar-refractivity contribution >= 4 is 5.69 Å². The highest BCUT2D eigenvalue weighted by molar-refractivity contribution is 5.50. The Bertz CT molecular complexity index is 440. The Morgan fingerprint density at radius 2 is 1.80 bits per heavy atom. The minimum Gasteiger partial charge on any atom is -0.389 e. The van der Waals surface area contributed by atoms with E-state index in [1.54, 1.807) is 13.0 Å². The Balaban J connectivity index is 2.00. The maximum atomic E-state index is 14.1. The van der Waals surface area contributed by atoms with Gasteiger partial charge in [-0.25, -0.2) is 4.39 Å². The molecule has 1 aromatic carbocycles. The summed E-state index contributed by atoms with van der Waals surface area (Å²) in [6, 6.07) is 5.04. The fourth-order valence-electron chi connectivity index (χ4n) is 2.73. The molecule has 0 spiro atoms. The van der Waals surface area contributed by atoms with Crippen molar-refractivity contribution in [1.82, 2.24) is 4.90 Å². The van der Waals surface area contributed by atoms with Crippen molar-refractivity contribution in [2.75, 3.05) is 37.6 Å². The molecule has 4 heteroatoms. The SMILES string of the molecule is CC(C)CN1CCN(c2ccc([C@H](C)O)cc2F)CC1. The van der Waals surface area contributed by atoms with E-state index >= 15 is 0 Å². The van der Waals surface area contributed by atoms with Crippen molar-refractivity contribution in [3.8, 4) is 0 Å². The number of halogens is 1. The smallest absolute Gasteiger partial charge is 0.146 e. The third kappa shape index (κ3) is 3.70. The second-order valence-corrected chi connectivity index (χ2v) is 6.07. The van der Waals surface area contributed by atoms with Gasteiger partial charge in [0.1, 0.15) is 5.82 Å². The number of piperazine rings is 1. The first-order valence-electron chi connectivity index (χ1n) is 7.42. The highest BCUT2D eigenvalue weighted by atomic mass is 19.1. The van der Waals surface area contributed by atoms with Crippen molar-refractivity contribution in [2.45, 2.75) is 26.9 Å². The van der Waals surface area contributed by atoms with Gasteiger partial charge in [-0.05, 0) is 30.5 Å². The normalized spacial score (nSPS) is 18.6. The molecule has 0 radical (unpaired) electrons. The van der Waals surface area contributed by atoms with Gasteiger partial charge in [0.05, 0.1) is 11.8 Å². The van der Waals surface area contributed by atoms with Gasteiger partial charge in [0.25, 0.3) is 0 Å². The lowest BCUT2D eigenvalue weighted by atomic mass is 10.1. The summed E-state index contributed by atoms with van der Waals surface area (Å²) >= 11 is 0. The van der Waals surface area contributed by atoms with Crippen LogP contribution in [0.4, 0.5) is 10.1 Å². The molecule has 20 heavy (non-hydrogen) atoms. The van der Waals surface area contributed by atoms with Gasteiger partial charge in [-0.15, -0.1) is 0 Å². The Morgan fingerprint density at radius 1 is 1.15 bits per heavy atom. The molecule has 0 aromatic heterocycles. The van der Waals surface area contributed by atoms with E-state index in [0.29, 0.717) is 17.2 Å². The predicted octanol–water partition coefficient (Wildman–Crippen LogP) is 2.66. The largest absolute Gasteiger partial charge is 0.389 e. The summed E-state index contributed by atoms with van der Waals surface area (Å²) in [5.74, 6) is 0.435. The third-order valence-electron chi connectivity index (χ3n) is 3.79. The van der Waals surface area contributed by atoms with E-state index in [0.717, 1.165) is 32.7 Å². The van der Waals surface area contributed by atoms with Gasteiger partial charge in [-0.2, -0.15) is 0 Å². The van der Waals surface area contributed by atoms with E-state index in [4.69, 9.17) is 0 Å². The zero-order chi connectivity index (χ0) is 14.7. The molecule has 1 N–H and O–H groups in total. The number of anilines is 1. The van der Waals surface area contributed by atoms with Crippen molar-refractivity contribution in [1.29, 1.82) is 0 Å². The highest BCUT2D eigenvalue weighted by Crippen LogP contribution is 2.24. The topological polar surface area (TPSA) is 26.7 Å². The summed E-state index contributed by atoms with van der Waals surface area (Å²) < 4.78 is 14.1. The van der Waals surface area contributed by atoms with Crippen LogP contribution in [0.5, 0.6) is 0 Å². The average Bonchev–Trinajstić information content (AvgIpc) is 2.39. The van der Waals surface area contributed by atoms with Gasteiger partial charge in [0.2, 0.25) is 0 Å². The molecule has 0 amide bonds. The first-order valence-corrected chi connectivity index (χ1v) is 7.42. The summed E-state index contributed by atoms with van der Waals surface area (Å²) in [7, 11) is 0. The molecule has 1 saturated heterocycles. The minimum absolute atomic E-state index is 0.235. The van der Waals surface area contributed by atoms with E-state index in [9.17, 15) is 9.50 Å². The van der Waals surface area contributed by atoms with E-state index in [2.05, 4.69) is 23.6 Å². The van der Waals surface area contributed by atoms with Crippen LogP contribution < -0.4 is 4.90 Å². The van der Waals surface area contributed by atoms with Gasteiger partial charge in [0, 0.05) is 32.7 Å². The maximum Gasteiger partial charge on any atom is 0.146 e. The Kier molecular flexibility index (Phi) is 5.00. The molecule has 2 rings (SSSR count). The monoisotopic (exact) mass is 280 g/mol. The van der Waals surface area contributed by atoms with Crippen LogP contribution in [0.25, 0.3) is 0 Å². The molecule has 0 bridgehead atoms. The lowest BCUT2D eigenvalue weighted by molar-refractivity contribution is 0.199. The summed E-state index contributed by atoms with van der Waals surface area (Å²) in [5.41, 5.74) is 1.28. The Hall–Kier alpha value is -1.13. The lowest BCUT2D eigenvalue weighted by Crippen LogP contribution is -2.47. The summed E-state index contributed by atoms with van der Waals surface area (Å²) in [6.45, 7) is 10.9. The molecule has 1 atom stereocenters. The van der Waals surface area contributed by atoms with Gasteiger partial charge in [-0.3, -0.25) is 4.90 Å². The van der Waals surface area contributed by atoms with Gasteiger partial charge >= 0.3 is 0 Å². The average molecular weight is 280 g/mol. The molecule has 112 valence electrons. The zero-order valence-electron chi connectivity index (χ0n) is 12.6. The Labute approximate surface area is 121 Å². The molecule has 3 nitrogen and oxygen atoms in total. The highest BCUT2D eigenvalue weighted by Gasteiger charge is 2.20. The molecule has 0 unspecified atom stereocenters. The van der Waals surface area contributed by atoms with Crippen LogP contribution in [0.15, 0.2) is 18.2 Å². The van der Waals surface area contributed by atoms with E-state index in [-0.39, 0.29) is 5.82 Å². The van der Waals surface area contributed by atoms with Gasteiger partial charge in [-0.1, -0.05) is 19.9 Å². The maximum absolute atomic E-state index is 14.1. The van der Waals surface area contributed by atoms with Crippen LogP contribution in [0.2, 0.25) is 0 Å². The van der Waals surface area contributed by atoms with Crippen molar-refractivity contribution in [3.05, 3.63) is 29.6 Å². The van der Waals surface area contributed by atoms with Gasteiger partial charge in [0.15, 0.2) is 0 Å². The number of nitrogens with zero attached hydrogens (tertiary/aromatic N) is 2. The Morgan fingerprint density at radius 3 is 2.30 bits per heavy atom. The number of aliphatic hydroxyl groups is 1. The number of hydrogen-bond donors (Lipinski definition) is 1. The van der Waals surface area contributed by atoms with E-state index < -0.39 is 6.10 Å². The second kappa shape index (κ2) is 6.55. The predicted molar refractivity (Wildman–Crippen MR) is 80.5 cm³/mol. The van der Waals surface area contributed by atoms with Crippen molar-refractivity contribution < 1.29 is 9.50 Å². The third-order valence-corrected chi connectivity index (χ3v) is 3.79. The number of aliphatic hydroxyl groups excluding tert-OH is 1. The van der Waals surface area contributed by atoms with Crippen LogP contribution in [-0.4, -0.2) is 42.7 Å². The molecule has 1 heterocycles. The van der Waals surface area contributed by atoms with E-state index in [1.165, 1.54) is 6.07 Å². The van der Waals surface area contributed by atoms with Crippen LogP contribution in [0.1, 0.15) is 32.4 Å². The zero-order valence-corrected chi connectivity index (χ0v) is 12.6. The van der Waals surface area contributed by atoms with E-state index in [1.807, 2.05) is 6.07 Å². The summed E-state index contributed by atoms with van der Waals surface area (Å²) in [5, 5.41) is 9.48. The molecular weight excluding hydrogens is 255 g/mol. The van der Waals surface area contributed by atoms with Gasteiger partial charge < -0.3 is 10.0 Å². The van der Waals surface area contributed by atoms with Crippen LogP contribution in [-0.2, 0) is 0 Å². The second-order valence-electron chi connectivity index (χ2n) is 6.07. The van der Waals surface area contributed by atoms with Crippen LogP contribution in [0, 0.1) is 11.7 Å². The molecule has 1 aromatic rings. The minimum atomic E-state index is -0.624. The molecule has 1 aliphatic rings. The standard InChI is InChI=1S/C16H25FN2O/c1-12(2)11-18-6-8-19(9-7-18)16-5-4-14(13(3)20)10-15(16)17/h4-5,10,12-13,20H,6-9,11H2,1-3H3/t13-/m0/s1. The molecule has 0 saturated carbocycles. The van der Waals surface area contributed by atoms with Crippen LogP contribution >= 0.6 is 0 Å². The summed E-state index contributed by atoms with van der Waals surface area (Å²) in [6.07, 6.45) is -0.624. The quantitative estimate of drug-likeness (QED) is 0.918. The fraction of sp³-hybridized carbons (Fsp3) is 0.625. The number of rotatable bonds is 4.